The molecule has 158 valence electrons. The first-order valence-electron chi connectivity index (χ1n) is 9.45. The number of likely N-dealkylation sites (tertiary alicyclic amines) is 1. The number of aliphatic carboxylic acids is 1. The Balaban J connectivity index is 0.00000392. The van der Waals surface area contributed by atoms with Gasteiger partial charge in [0.25, 0.3) is 0 Å². The smallest absolute Gasteiger partial charge is 0.317 e. The van der Waals surface area contributed by atoms with Crippen LogP contribution in [0.4, 0.5) is 0 Å². The molecule has 0 spiro atoms. The van der Waals surface area contributed by atoms with E-state index >= 15 is 0 Å². The fraction of sp³-hybridized carbons (Fsp3) is 0.600. The highest BCUT2D eigenvalue weighted by molar-refractivity contribution is 5.85. The maximum Gasteiger partial charge on any atom is 0.317 e. The average molecular weight is 414 g/mol. The number of benzene rings is 1. The van der Waals surface area contributed by atoms with Crippen LogP contribution in [0, 0.1) is 0 Å². The van der Waals surface area contributed by atoms with Gasteiger partial charge in [0.2, 0.25) is 5.91 Å². The first kappa shape index (κ1) is 24.4. The van der Waals surface area contributed by atoms with Crippen LogP contribution in [0.3, 0.4) is 0 Å². The molecule has 1 aliphatic rings. The van der Waals surface area contributed by atoms with Gasteiger partial charge in [-0.25, -0.2) is 0 Å². The number of carbonyl (C=O) groups excluding carboxylic acids is 1. The molecule has 0 radical (unpaired) electrons. The van der Waals surface area contributed by atoms with Gasteiger partial charge in [0.05, 0.1) is 19.7 Å². The number of likely N-dealkylation sites (N-methyl/N-ethyl adjacent to an activating group) is 1. The number of methoxy groups -OCH3 is 1. The molecule has 1 heterocycles. The summed E-state index contributed by atoms with van der Waals surface area (Å²) in [7, 11) is 3.53. The van der Waals surface area contributed by atoms with Gasteiger partial charge in [0.1, 0.15) is 0 Å². The van der Waals surface area contributed by atoms with Crippen LogP contribution in [0.1, 0.15) is 30.4 Å². The highest BCUT2D eigenvalue weighted by Gasteiger charge is 2.22. The molecule has 1 aromatic rings. The van der Waals surface area contributed by atoms with Crippen molar-refractivity contribution in [3.8, 4) is 0 Å². The summed E-state index contributed by atoms with van der Waals surface area (Å²) in [5.74, 6) is -0.781. The predicted octanol–water partition coefficient (Wildman–Crippen LogP) is 1.74. The van der Waals surface area contributed by atoms with Crippen LogP contribution in [0.2, 0.25) is 0 Å². The van der Waals surface area contributed by atoms with E-state index in [2.05, 4.69) is 10.2 Å². The third-order valence-corrected chi connectivity index (χ3v) is 4.96. The van der Waals surface area contributed by atoms with E-state index in [-0.39, 0.29) is 30.9 Å². The number of ether oxygens (including phenoxy) is 1. The number of hydrogen-bond acceptors (Lipinski definition) is 5. The second-order valence-electron chi connectivity index (χ2n) is 7.20. The normalized spacial score (nSPS) is 17.6. The molecule has 8 heteroatoms. The van der Waals surface area contributed by atoms with E-state index in [0.29, 0.717) is 19.7 Å². The lowest BCUT2D eigenvalue weighted by Crippen LogP contribution is -2.39. The van der Waals surface area contributed by atoms with E-state index in [1.54, 1.807) is 7.11 Å². The lowest BCUT2D eigenvalue weighted by molar-refractivity contribution is -0.138. The summed E-state index contributed by atoms with van der Waals surface area (Å²) in [6.45, 7) is 3.20. The van der Waals surface area contributed by atoms with Crippen LogP contribution in [-0.2, 0) is 27.5 Å². The third-order valence-electron chi connectivity index (χ3n) is 4.96. The standard InChI is InChI=1S/C20H31N3O4.ClH/c1-22(14-20(25)26)18-7-4-9-23(10-8-18)13-19(24)21-12-16-5-3-6-17(11-16)15-27-2;/h3,5-6,11,18H,4,7-10,12-15H2,1-2H3,(H,21,24)(H,25,26);1H. The Morgan fingerprint density at radius 3 is 2.75 bits per heavy atom. The summed E-state index contributed by atoms with van der Waals surface area (Å²) < 4.78 is 5.14. The summed E-state index contributed by atoms with van der Waals surface area (Å²) >= 11 is 0. The number of rotatable bonds is 9. The van der Waals surface area contributed by atoms with E-state index in [1.165, 1.54) is 0 Å². The molecule has 1 aromatic carbocycles. The van der Waals surface area contributed by atoms with Crippen LogP contribution < -0.4 is 5.32 Å². The third kappa shape index (κ3) is 8.56. The molecule has 1 unspecified atom stereocenters. The van der Waals surface area contributed by atoms with Crippen molar-refractivity contribution in [3.63, 3.8) is 0 Å². The molecule has 0 aromatic heterocycles. The van der Waals surface area contributed by atoms with E-state index in [4.69, 9.17) is 9.84 Å². The SMILES string of the molecule is COCc1cccc(CNC(=O)CN2CCCC(N(C)CC(=O)O)CC2)c1.Cl. The van der Waals surface area contributed by atoms with E-state index < -0.39 is 5.97 Å². The van der Waals surface area contributed by atoms with Gasteiger partial charge >= 0.3 is 5.97 Å². The number of nitrogens with zero attached hydrogens (tertiary/aromatic N) is 2. The van der Waals surface area contributed by atoms with Crippen molar-refractivity contribution < 1.29 is 19.4 Å². The van der Waals surface area contributed by atoms with Crippen molar-refractivity contribution >= 4 is 24.3 Å². The molecule has 28 heavy (non-hydrogen) atoms. The summed E-state index contributed by atoms with van der Waals surface area (Å²) in [6.07, 6.45) is 2.82. The molecule has 1 fully saturated rings. The minimum atomic E-state index is -0.799. The van der Waals surface area contributed by atoms with Gasteiger partial charge < -0.3 is 15.2 Å². The van der Waals surface area contributed by atoms with Crippen molar-refractivity contribution in [2.24, 2.45) is 0 Å². The quantitative estimate of drug-likeness (QED) is 0.641. The zero-order chi connectivity index (χ0) is 19.6. The largest absolute Gasteiger partial charge is 0.480 e. The van der Waals surface area contributed by atoms with Crippen LogP contribution in [0.5, 0.6) is 0 Å². The molecule has 2 N–H and O–H groups in total. The molecule has 0 saturated carbocycles. The highest BCUT2D eigenvalue weighted by atomic mass is 35.5. The number of halogens is 1. The lowest BCUT2D eigenvalue weighted by atomic mass is 10.1. The Bertz CT molecular complexity index is 629. The molecule has 0 bridgehead atoms. The zero-order valence-corrected chi connectivity index (χ0v) is 17.5. The number of carboxylic acids is 1. The lowest BCUT2D eigenvalue weighted by Gasteiger charge is -2.25. The number of carboxylic acid groups (broad SMARTS) is 1. The first-order chi connectivity index (χ1) is 13.0. The van der Waals surface area contributed by atoms with Crippen molar-refractivity contribution in [3.05, 3.63) is 35.4 Å². The Hall–Kier alpha value is -1.67. The van der Waals surface area contributed by atoms with E-state index in [9.17, 15) is 9.59 Å². The van der Waals surface area contributed by atoms with Gasteiger partial charge in [0, 0.05) is 26.2 Å². The van der Waals surface area contributed by atoms with Gasteiger partial charge in [-0.1, -0.05) is 24.3 Å². The number of carbonyl (C=O) groups is 2. The highest BCUT2D eigenvalue weighted by Crippen LogP contribution is 2.15. The Labute approximate surface area is 173 Å². The molecular weight excluding hydrogens is 382 g/mol. The van der Waals surface area contributed by atoms with Crippen molar-refractivity contribution in [1.82, 2.24) is 15.1 Å². The maximum atomic E-state index is 12.3. The first-order valence-corrected chi connectivity index (χ1v) is 9.45. The minimum Gasteiger partial charge on any atom is -0.480 e. The Kier molecular flexibility index (Phi) is 11.1. The van der Waals surface area contributed by atoms with Crippen LogP contribution in [-0.4, -0.2) is 73.2 Å². The predicted molar refractivity (Wildman–Crippen MR) is 111 cm³/mol. The summed E-state index contributed by atoms with van der Waals surface area (Å²) in [5, 5.41) is 11.9. The fourth-order valence-corrected chi connectivity index (χ4v) is 3.54. The van der Waals surface area contributed by atoms with E-state index in [1.807, 2.05) is 36.2 Å². The summed E-state index contributed by atoms with van der Waals surface area (Å²) in [6, 6.07) is 8.27. The molecule has 1 amide bonds. The molecular formula is C20H32ClN3O4. The molecule has 1 aliphatic heterocycles. The van der Waals surface area contributed by atoms with Crippen molar-refractivity contribution in [2.75, 3.05) is 40.3 Å². The van der Waals surface area contributed by atoms with Crippen LogP contribution >= 0.6 is 12.4 Å². The van der Waals surface area contributed by atoms with Crippen LogP contribution in [0.25, 0.3) is 0 Å². The maximum absolute atomic E-state index is 12.3. The second-order valence-corrected chi connectivity index (χ2v) is 7.20. The Morgan fingerprint density at radius 1 is 1.29 bits per heavy atom. The minimum absolute atomic E-state index is 0. The molecule has 2 rings (SSSR count). The van der Waals surface area contributed by atoms with Gasteiger partial charge in [-0.15, -0.1) is 12.4 Å². The molecule has 7 nitrogen and oxygen atoms in total. The van der Waals surface area contributed by atoms with Gasteiger partial charge in [0.15, 0.2) is 0 Å². The second kappa shape index (κ2) is 12.7. The number of hydrogen-bond donors (Lipinski definition) is 2. The van der Waals surface area contributed by atoms with Crippen molar-refractivity contribution in [2.45, 2.75) is 38.5 Å². The van der Waals surface area contributed by atoms with E-state index in [0.717, 1.165) is 43.5 Å². The van der Waals surface area contributed by atoms with Gasteiger partial charge in [-0.3, -0.25) is 19.4 Å². The summed E-state index contributed by atoms with van der Waals surface area (Å²) in [5.41, 5.74) is 2.15. The topological polar surface area (TPSA) is 82.1 Å². The van der Waals surface area contributed by atoms with Crippen LogP contribution in [0.15, 0.2) is 24.3 Å². The Morgan fingerprint density at radius 2 is 2.04 bits per heavy atom. The molecule has 1 atom stereocenters. The molecule has 1 saturated heterocycles. The number of nitrogens with one attached hydrogen (secondary N) is 1. The van der Waals surface area contributed by atoms with Gasteiger partial charge in [-0.2, -0.15) is 0 Å². The molecule has 0 aliphatic carbocycles. The number of amides is 1. The summed E-state index contributed by atoms with van der Waals surface area (Å²) in [4.78, 5) is 27.2. The van der Waals surface area contributed by atoms with Crippen molar-refractivity contribution in [1.29, 1.82) is 0 Å². The fourth-order valence-electron chi connectivity index (χ4n) is 3.54. The zero-order valence-electron chi connectivity index (χ0n) is 16.7. The monoisotopic (exact) mass is 413 g/mol. The average Bonchev–Trinajstić information content (AvgIpc) is 2.86. The van der Waals surface area contributed by atoms with Gasteiger partial charge in [-0.05, 0) is 44.0 Å².